The van der Waals surface area contributed by atoms with Gasteiger partial charge in [-0.1, -0.05) is 60.7 Å². The van der Waals surface area contributed by atoms with Crippen molar-refractivity contribution >= 4 is 0 Å². The molecule has 4 nitrogen and oxygen atoms in total. The van der Waals surface area contributed by atoms with Crippen molar-refractivity contribution in [3.8, 4) is 11.5 Å². The molecule has 0 aliphatic heterocycles. The quantitative estimate of drug-likeness (QED) is 0.427. The molecule has 0 heterocycles. The molecule has 0 bridgehead atoms. The Morgan fingerprint density at radius 3 is 1.36 bits per heavy atom. The van der Waals surface area contributed by atoms with Crippen LogP contribution in [0.15, 0.2) is 72.8 Å². The fourth-order valence-electron chi connectivity index (χ4n) is 3.19. The molecule has 146 valence electrons. The van der Waals surface area contributed by atoms with Crippen molar-refractivity contribution in [3.63, 3.8) is 0 Å². The van der Waals surface area contributed by atoms with Crippen molar-refractivity contribution in [1.29, 1.82) is 0 Å². The van der Waals surface area contributed by atoms with Gasteiger partial charge in [0.1, 0.15) is 11.5 Å². The van der Waals surface area contributed by atoms with Gasteiger partial charge >= 0.3 is 0 Å². The molecule has 0 fully saturated rings. The zero-order valence-corrected chi connectivity index (χ0v) is 16.4. The molecule has 0 saturated carbocycles. The van der Waals surface area contributed by atoms with Crippen molar-refractivity contribution in [2.75, 3.05) is 0 Å². The first-order valence-corrected chi connectivity index (χ1v) is 9.65. The zero-order valence-electron chi connectivity index (χ0n) is 16.4. The Morgan fingerprint density at radius 1 is 0.643 bits per heavy atom. The molecule has 0 unspecified atom stereocenters. The van der Waals surface area contributed by atoms with E-state index in [1.165, 1.54) is 11.1 Å². The van der Waals surface area contributed by atoms with Crippen LogP contribution in [0.25, 0.3) is 0 Å². The summed E-state index contributed by atoms with van der Waals surface area (Å²) in [6, 6.07) is 23.9. The van der Waals surface area contributed by atoms with Crippen LogP contribution < -0.4 is 10.6 Å². The lowest BCUT2D eigenvalue weighted by atomic mass is 10.1. The lowest BCUT2D eigenvalue weighted by Gasteiger charge is -2.17. The second kappa shape index (κ2) is 9.40. The number of nitrogens with one attached hydrogen (secondary N) is 2. The van der Waals surface area contributed by atoms with Crippen molar-refractivity contribution in [1.82, 2.24) is 10.6 Å². The number of hydrogen-bond acceptors (Lipinski definition) is 4. The third kappa shape index (κ3) is 5.12. The number of rotatable bonds is 8. The molecule has 0 aliphatic carbocycles. The average molecular weight is 377 g/mol. The lowest BCUT2D eigenvalue weighted by Crippen LogP contribution is -2.19. The second-order valence-electron chi connectivity index (χ2n) is 7.14. The predicted molar refractivity (Wildman–Crippen MR) is 113 cm³/mol. The van der Waals surface area contributed by atoms with E-state index >= 15 is 0 Å². The first kappa shape index (κ1) is 19.9. The van der Waals surface area contributed by atoms with Crippen molar-refractivity contribution in [2.45, 2.75) is 39.0 Å². The van der Waals surface area contributed by atoms with Gasteiger partial charge in [-0.3, -0.25) is 0 Å². The first-order valence-electron chi connectivity index (χ1n) is 9.65. The van der Waals surface area contributed by atoms with E-state index in [-0.39, 0.29) is 23.6 Å². The highest BCUT2D eigenvalue weighted by molar-refractivity contribution is 5.45. The van der Waals surface area contributed by atoms with Crippen molar-refractivity contribution in [3.05, 3.63) is 95.1 Å². The summed E-state index contributed by atoms with van der Waals surface area (Å²) in [5.74, 6) is 0.379. The topological polar surface area (TPSA) is 64.5 Å². The van der Waals surface area contributed by atoms with Gasteiger partial charge in [0.25, 0.3) is 0 Å². The third-order valence-corrected chi connectivity index (χ3v) is 5.08. The van der Waals surface area contributed by atoms with Gasteiger partial charge < -0.3 is 20.8 Å². The number of phenolic OH excluding ortho intramolecular Hbond substituents is 2. The highest BCUT2D eigenvalue weighted by atomic mass is 16.3. The van der Waals surface area contributed by atoms with Gasteiger partial charge in [0.2, 0.25) is 0 Å². The lowest BCUT2D eigenvalue weighted by molar-refractivity contribution is 0.438. The van der Waals surface area contributed by atoms with E-state index in [1.807, 2.05) is 36.4 Å². The van der Waals surface area contributed by atoms with E-state index in [0.29, 0.717) is 24.2 Å². The largest absolute Gasteiger partial charge is 0.508 e. The molecule has 0 spiro atoms. The minimum absolute atomic E-state index is 0.149. The monoisotopic (exact) mass is 376 g/mol. The Balaban J connectivity index is 1.61. The van der Waals surface area contributed by atoms with Gasteiger partial charge in [-0.05, 0) is 37.1 Å². The van der Waals surface area contributed by atoms with Gasteiger partial charge in [-0.2, -0.15) is 0 Å². The first-order chi connectivity index (χ1) is 13.5. The van der Waals surface area contributed by atoms with Crippen molar-refractivity contribution in [2.24, 2.45) is 0 Å². The standard InChI is InChI=1S/C24H28N2O2/c1-17(19-9-5-3-6-10-19)25-15-21-13-24(28)22(14-23(21)27)16-26-18(2)20-11-7-4-8-12-20/h3-14,17-18,25-28H,15-16H2,1-2H3/t17-,18-/m1/s1. The van der Waals surface area contributed by atoms with Crippen LogP contribution in [0.5, 0.6) is 11.5 Å². The van der Waals surface area contributed by atoms with E-state index < -0.39 is 0 Å². The fraction of sp³-hybridized carbons (Fsp3) is 0.250. The molecular weight excluding hydrogens is 348 g/mol. The number of hydrogen-bond donors (Lipinski definition) is 4. The summed E-state index contributed by atoms with van der Waals surface area (Å²) in [5.41, 5.74) is 3.73. The van der Waals surface area contributed by atoms with Crippen LogP contribution in [0.3, 0.4) is 0 Å². The van der Waals surface area contributed by atoms with E-state index in [9.17, 15) is 10.2 Å². The number of phenols is 2. The van der Waals surface area contributed by atoms with Crippen molar-refractivity contribution < 1.29 is 10.2 Å². The Labute approximate surface area is 166 Å². The second-order valence-corrected chi connectivity index (χ2v) is 7.14. The average Bonchev–Trinajstić information content (AvgIpc) is 2.73. The number of benzene rings is 3. The molecule has 3 aromatic carbocycles. The number of aromatic hydroxyl groups is 2. The third-order valence-electron chi connectivity index (χ3n) is 5.08. The van der Waals surface area contributed by atoms with Crippen LogP contribution in [0.4, 0.5) is 0 Å². The Bertz CT molecular complexity index is 807. The van der Waals surface area contributed by atoms with Crippen LogP contribution in [-0.4, -0.2) is 10.2 Å². The minimum atomic E-state index is 0.149. The highest BCUT2D eigenvalue weighted by Gasteiger charge is 2.12. The molecule has 0 aliphatic rings. The summed E-state index contributed by atoms with van der Waals surface area (Å²) in [7, 11) is 0. The molecular formula is C24H28N2O2. The Kier molecular flexibility index (Phi) is 6.69. The van der Waals surface area contributed by atoms with Crippen LogP contribution in [0.1, 0.15) is 48.2 Å². The minimum Gasteiger partial charge on any atom is -0.508 e. The summed E-state index contributed by atoms with van der Waals surface area (Å²) in [6.07, 6.45) is 0. The Morgan fingerprint density at radius 2 is 1.00 bits per heavy atom. The molecule has 3 rings (SSSR count). The molecule has 2 atom stereocenters. The van der Waals surface area contributed by atoms with Crippen LogP contribution in [0.2, 0.25) is 0 Å². The molecule has 0 saturated heterocycles. The van der Waals surface area contributed by atoms with E-state index in [2.05, 4.69) is 48.7 Å². The van der Waals surface area contributed by atoms with E-state index in [1.54, 1.807) is 12.1 Å². The predicted octanol–water partition coefficient (Wildman–Crippen LogP) is 4.80. The van der Waals surface area contributed by atoms with Crippen LogP contribution >= 0.6 is 0 Å². The van der Waals surface area contributed by atoms with Crippen LogP contribution in [-0.2, 0) is 13.1 Å². The Hall–Kier alpha value is -2.82. The fourth-order valence-corrected chi connectivity index (χ4v) is 3.19. The smallest absolute Gasteiger partial charge is 0.120 e. The molecule has 0 radical (unpaired) electrons. The maximum atomic E-state index is 10.4. The summed E-state index contributed by atoms with van der Waals surface area (Å²) in [6.45, 7) is 5.11. The summed E-state index contributed by atoms with van der Waals surface area (Å²) in [5, 5.41) is 27.6. The van der Waals surface area contributed by atoms with Gasteiger partial charge in [0.15, 0.2) is 0 Å². The highest BCUT2D eigenvalue weighted by Crippen LogP contribution is 2.28. The molecule has 4 heteroatoms. The summed E-state index contributed by atoms with van der Waals surface area (Å²) >= 11 is 0. The normalized spacial score (nSPS) is 13.2. The zero-order chi connectivity index (χ0) is 19.9. The van der Waals surface area contributed by atoms with Gasteiger partial charge in [-0.15, -0.1) is 0 Å². The summed E-state index contributed by atoms with van der Waals surface area (Å²) in [4.78, 5) is 0. The molecule has 3 aromatic rings. The van der Waals surface area contributed by atoms with Gasteiger partial charge in [-0.25, -0.2) is 0 Å². The van der Waals surface area contributed by atoms with E-state index in [4.69, 9.17) is 0 Å². The maximum Gasteiger partial charge on any atom is 0.120 e. The molecule has 0 aromatic heterocycles. The molecule has 0 amide bonds. The molecule has 28 heavy (non-hydrogen) atoms. The van der Waals surface area contributed by atoms with Gasteiger partial charge in [0.05, 0.1) is 0 Å². The van der Waals surface area contributed by atoms with E-state index in [0.717, 1.165) is 0 Å². The SMILES string of the molecule is C[C@@H](NCc1cc(O)c(CN[C@H](C)c2ccccc2)cc1O)c1ccccc1. The maximum absolute atomic E-state index is 10.4. The van der Waals surface area contributed by atoms with Crippen LogP contribution in [0, 0.1) is 0 Å². The molecule has 4 N–H and O–H groups in total. The summed E-state index contributed by atoms with van der Waals surface area (Å²) < 4.78 is 0. The van der Waals surface area contributed by atoms with Gasteiger partial charge in [0, 0.05) is 36.3 Å².